The van der Waals surface area contributed by atoms with Gasteiger partial charge in [-0.2, -0.15) is 10.2 Å². The van der Waals surface area contributed by atoms with E-state index in [1.54, 1.807) is 6.20 Å². The molecule has 1 aromatic carbocycles. The van der Waals surface area contributed by atoms with E-state index in [4.69, 9.17) is 4.98 Å². The molecule has 0 aliphatic heterocycles. The van der Waals surface area contributed by atoms with Crippen molar-refractivity contribution in [2.24, 2.45) is 0 Å². The molecule has 1 aliphatic rings. The van der Waals surface area contributed by atoms with Crippen molar-refractivity contribution < 1.29 is 0 Å². The van der Waals surface area contributed by atoms with Crippen LogP contribution >= 0.6 is 0 Å². The van der Waals surface area contributed by atoms with Gasteiger partial charge < -0.3 is 5.32 Å². The molecule has 0 spiro atoms. The van der Waals surface area contributed by atoms with Crippen LogP contribution in [0.15, 0.2) is 61.7 Å². The van der Waals surface area contributed by atoms with Crippen molar-refractivity contribution in [2.45, 2.75) is 26.2 Å². The van der Waals surface area contributed by atoms with Crippen molar-refractivity contribution in [3.63, 3.8) is 0 Å². The Labute approximate surface area is 191 Å². The molecule has 0 fully saturated rings. The molecule has 0 bridgehead atoms. The maximum absolute atomic E-state index is 4.79. The molecule has 3 N–H and O–H groups in total. The SMILES string of the molecule is C=C(Nc1cncc(-c2ccc3c(c2)CCC3)c1C)c1n[nH]c2ccc(-c3cn[nH]c3)nc12. The lowest BCUT2D eigenvalue weighted by molar-refractivity contribution is 0.912. The van der Waals surface area contributed by atoms with E-state index in [0.29, 0.717) is 11.4 Å². The fourth-order valence-corrected chi connectivity index (χ4v) is 4.56. The number of aromatic nitrogens is 6. The molecule has 0 saturated heterocycles. The van der Waals surface area contributed by atoms with Crippen LogP contribution in [0.4, 0.5) is 5.69 Å². The van der Waals surface area contributed by atoms with E-state index < -0.39 is 0 Å². The number of H-pyrrole nitrogens is 2. The van der Waals surface area contributed by atoms with Crippen LogP contribution in [0.5, 0.6) is 0 Å². The van der Waals surface area contributed by atoms with Gasteiger partial charge in [0, 0.05) is 23.5 Å². The molecule has 0 atom stereocenters. The third-order valence-electron chi connectivity index (χ3n) is 6.40. The molecule has 7 nitrogen and oxygen atoms in total. The molecule has 0 amide bonds. The molecular weight excluding hydrogens is 410 g/mol. The zero-order valence-corrected chi connectivity index (χ0v) is 18.3. The number of hydrogen-bond acceptors (Lipinski definition) is 5. The molecule has 0 saturated carbocycles. The van der Waals surface area contributed by atoms with Gasteiger partial charge in [-0.25, -0.2) is 4.98 Å². The first-order valence-electron chi connectivity index (χ1n) is 11.0. The Hall–Kier alpha value is -4.26. The number of aryl methyl sites for hydroxylation is 2. The van der Waals surface area contributed by atoms with E-state index in [0.717, 1.165) is 45.5 Å². The number of rotatable bonds is 5. The second-order valence-electron chi connectivity index (χ2n) is 8.45. The highest BCUT2D eigenvalue weighted by Crippen LogP contribution is 2.33. The van der Waals surface area contributed by atoms with Crippen LogP contribution in [-0.2, 0) is 12.8 Å². The number of nitrogens with zero attached hydrogens (tertiary/aromatic N) is 4. The predicted octanol–water partition coefficient (Wildman–Crippen LogP) is 5.29. The van der Waals surface area contributed by atoms with Gasteiger partial charge in [0.2, 0.25) is 0 Å². The first kappa shape index (κ1) is 19.4. The second kappa shape index (κ2) is 7.70. The molecule has 162 valence electrons. The third-order valence-corrected chi connectivity index (χ3v) is 6.40. The summed E-state index contributed by atoms with van der Waals surface area (Å²) < 4.78 is 0. The number of fused-ring (bicyclic) bond motifs is 2. The van der Waals surface area contributed by atoms with E-state index in [-0.39, 0.29) is 0 Å². The van der Waals surface area contributed by atoms with Gasteiger partial charge in [0.05, 0.1) is 35.0 Å². The number of benzene rings is 1. The summed E-state index contributed by atoms with van der Waals surface area (Å²) in [6.07, 6.45) is 10.9. The van der Waals surface area contributed by atoms with Gasteiger partial charge in [0.15, 0.2) is 0 Å². The lowest BCUT2D eigenvalue weighted by Gasteiger charge is -2.14. The lowest BCUT2D eigenvalue weighted by atomic mass is 9.98. The first-order valence-corrected chi connectivity index (χ1v) is 11.0. The van der Waals surface area contributed by atoms with Gasteiger partial charge in [0.1, 0.15) is 11.2 Å². The molecule has 0 radical (unpaired) electrons. The Morgan fingerprint density at radius 1 is 1.03 bits per heavy atom. The van der Waals surface area contributed by atoms with E-state index >= 15 is 0 Å². The van der Waals surface area contributed by atoms with Crippen molar-refractivity contribution in [1.29, 1.82) is 0 Å². The molecular formula is C26H23N7. The molecule has 0 unspecified atom stereocenters. The van der Waals surface area contributed by atoms with Crippen molar-refractivity contribution >= 4 is 22.4 Å². The van der Waals surface area contributed by atoms with Gasteiger partial charge in [0.25, 0.3) is 0 Å². The van der Waals surface area contributed by atoms with E-state index in [2.05, 4.69) is 62.4 Å². The molecule has 5 aromatic rings. The molecule has 1 aliphatic carbocycles. The molecule has 7 heteroatoms. The average molecular weight is 434 g/mol. The fourth-order valence-electron chi connectivity index (χ4n) is 4.56. The molecule has 33 heavy (non-hydrogen) atoms. The van der Waals surface area contributed by atoms with Crippen LogP contribution in [0, 0.1) is 6.92 Å². The van der Waals surface area contributed by atoms with Gasteiger partial charge in [-0.05, 0) is 60.6 Å². The van der Waals surface area contributed by atoms with Crippen molar-refractivity contribution in [3.8, 4) is 22.4 Å². The van der Waals surface area contributed by atoms with Crippen LogP contribution in [-0.4, -0.2) is 30.4 Å². The zero-order valence-electron chi connectivity index (χ0n) is 18.3. The number of anilines is 1. The Morgan fingerprint density at radius 3 is 2.82 bits per heavy atom. The zero-order chi connectivity index (χ0) is 22.4. The smallest absolute Gasteiger partial charge is 0.134 e. The predicted molar refractivity (Wildman–Crippen MR) is 131 cm³/mol. The highest BCUT2D eigenvalue weighted by molar-refractivity contribution is 5.91. The fraction of sp³-hybridized carbons (Fsp3) is 0.154. The number of pyridine rings is 2. The first-order chi connectivity index (χ1) is 16.2. The monoisotopic (exact) mass is 433 g/mol. The van der Waals surface area contributed by atoms with Crippen LogP contribution < -0.4 is 5.32 Å². The Balaban J connectivity index is 1.33. The summed E-state index contributed by atoms with van der Waals surface area (Å²) >= 11 is 0. The average Bonchev–Trinajstić information content (AvgIpc) is 3.59. The summed E-state index contributed by atoms with van der Waals surface area (Å²) in [6, 6.07) is 10.7. The highest BCUT2D eigenvalue weighted by atomic mass is 15.1. The third kappa shape index (κ3) is 3.38. The van der Waals surface area contributed by atoms with E-state index in [1.165, 1.54) is 29.5 Å². The molecule has 6 rings (SSSR count). The summed E-state index contributed by atoms with van der Waals surface area (Å²) in [5, 5.41) is 17.8. The van der Waals surface area contributed by atoms with Gasteiger partial charge >= 0.3 is 0 Å². The maximum atomic E-state index is 4.79. The lowest BCUT2D eigenvalue weighted by Crippen LogP contribution is -2.02. The minimum absolute atomic E-state index is 0.661. The van der Waals surface area contributed by atoms with Crippen LogP contribution in [0.1, 0.15) is 28.8 Å². The minimum atomic E-state index is 0.661. The summed E-state index contributed by atoms with van der Waals surface area (Å²) in [5.74, 6) is 0. The number of nitrogens with one attached hydrogen (secondary N) is 3. The Bertz CT molecular complexity index is 1490. The van der Waals surface area contributed by atoms with Crippen LogP contribution in [0.3, 0.4) is 0 Å². The minimum Gasteiger partial charge on any atom is -0.353 e. The summed E-state index contributed by atoms with van der Waals surface area (Å²) in [7, 11) is 0. The standard InChI is InChI=1S/C26H23N7/c1-15-21(19-7-6-17-4-3-5-18(17)10-19)13-27-14-24(15)30-16(2)25-26-23(32-33-25)9-8-22(31-26)20-11-28-29-12-20/h6-14,30H,2-5H2,1H3,(H,28,29)(H,32,33). The van der Waals surface area contributed by atoms with E-state index in [9.17, 15) is 0 Å². The molecule has 4 heterocycles. The van der Waals surface area contributed by atoms with E-state index in [1.807, 2.05) is 30.7 Å². The van der Waals surface area contributed by atoms with Crippen molar-refractivity contribution in [1.82, 2.24) is 30.4 Å². The number of aromatic amines is 2. The van der Waals surface area contributed by atoms with Crippen molar-refractivity contribution in [2.75, 3.05) is 5.32 Å². The largest absolute Gasteiger partial charge is 0.353 e. The molecule has 4 aromatic heterocycles. The van der Waals surface area contributed by atoms with Gasteiger partial charge in [-0.3, -0.25) is 15.2 Å². The topological polar surface area (TPSA) is 95.2 Å². The Kier molecular flexibility index (Phi) is 4.54. The van der Waals surface area contributed by atoms with Gasteiger partial charge in [-0.1, -0.05) is 24.8 Å². The second-order valence-corrected chi connectivity index (χ2v) is 8.45. The Morgan fingerprint density at radius 2 is 1.94 bits per heavy atom. The quantitative estimate of drug-likeness (QED) is 0.350. The highest BCUT2D eigenvalue weighted by Gasteiger charge is 2.16. The summed E-state index contributed by atoms with van der Waals surface area (Å²) in [5.41, 5.74) is 12.0. The van der Waals surface area contributed by atoms with Crippen LogP contribution in [0.25, 0.3) is 39.1 Å². The number of hydrogen-bond donors (Lipinski definition) is 3. The summed E-state index contributed by atoms with van der Waals surface area (Å²) in [6.45, 7) is 6.35. The normalized spacial score (nSPS) is 12.8. The van der Waals surface area contributed by atoms with Gasteiger partial charge in [-0.15, -0.1) is 0 Å². The maximum Gasteiger partial charge on any atom is 0.134 e. The van der Waals surface area contributed by atoms with Crippen LogP contribution in [0.2, 0.25) is 0 Å². The van der Waals surface area contributed by atoms with Crippen molar-refractivity contribution in [3.05, 3.63) is 84.1 Å². The summed E-state index contributed by atoms with van der Waals surface area (Å²) in [4.78, 5) is 9.29.